The summed E-state index contributed by atoms with van der Waals surface area (Å²) in [7, 11) is 1.87. The number of nitrogens with one attached hydrogen (secondary N) is 1. The highest BCUT2D eigenvalue weighted by atomic mass is 79.9. The fraction of sp³-hybridized carbons (Fsp3) is 0.545. The molecule has 16 heavy (non-hydrogen) atoms. The van der Waals surface area contributed by atoms with Gasteiger partial charge in [-0.15, -0.1) is 11.8 Å². The van der Waals surface area contributed by atoms with Crippen LogP contribution in [0.2, 0.25) is 0 Å². The highest BCUT2D eigenvalue weighted by Gasteiger charge is 2.19. The standard InChI is InChI=1S/C11H17BrN2OS/c1-11(8-15,13-2)5-6-16-10-4-3-9(12)7-14-10/h3-4,7,13,15H,5-6,8H2,1-2H3. The monoisotopic (exact) mass is 304 g/mol. The molecule has 0 radical (unpaired) electrons. The minimum atomic E-state index is -0.192. The van der Waals surface area contributed by atoms with Crippen LogP contribution in [0.3, 0.4) is 0 Å². The van der Waals surface area contributed by atoms with Crippen molar-refractivity contribution in [1.82, 2.24) is 10.3 Å². The molecule has 0 fully saturated rings. The highest BCUT2D eigenvalue weighted by molar-refractivity contribution is 9.10. The van der Waals surface area contributed by atoms with Gasteiger partial charge in [-0.1, -0.05) is 0 Å². The number of hydrogen-bond acceptors (Lipinski definition) is 4. The van der Waals surface area contributed by atoms with Crippen LogP contribution >= 0.6 is 27.7 Å². The molecule has 90 valence electrons. The number of aliphatic hydroxyl groups is 1. The third kappa shape index (κ3) is 4.41. The number of halogens is 1. The molecule has 0 amide bonds. The third-order valence-electron chi connectivity index (χ3n) is 2.56. The number of nitrogens with zero attached hydrogens (tertiary/aromatic N) is 1. The largest absolute Gasteiger partial charge is 0.394 e. The van der Waals surface area contributed by atoms with E-state index in [2.05, 4.69) is 26.2 Å². The number of likely N-dealkylation sites (N-methyl/N-ethyl adjacent to an activating group) is 1. The summed E-state index contributed by atoms with van der Waals surface area (Å²) in [6, 6.07) is 3.98. The van der Waals surface area contributed by atoms with E-state index < -0.39 is 0 Å². The van der Waals surface area contributed by atoms with E-state index in [0.717, 1.165) is 21.7 Å². The van der Waals surface area contributed by atoms with Gasteiger partial charge in [-0.3, -0.25) is 0 Å². The van der Waals surface area contributed by atoms with Crippen LogP contribution in [-0.4, -0.2) is 35.0 Å². The first kappa shape index (κ1) is 14.0. The summed E-state index contributed by atoms with van der Waals surface area (Å²) in [6.07, 6.45) is 2.70. The Morgan fingerprint density at radius 3 is 2.81 bits per heavy atom. The zero-order chi connectivity index (χ0) is 12.0. The highest BCUT2D eigenvalue weighted by Crippen LogP contribution is 2.21. The number of aliphatic hydroxyl groups excluding tert-OH is 1. The lowest BCUT2D eigenvalue weighted by molar-refractivity contribution is 0.179. The second kappa shape index (κ2) is 6.59. The van der Waals surface area contributed by atoms with Gasteiger partial charge in [-0.05, 0) is 48.5 Å². The lowest BCUT2D eigenvalue weighted by Crippen LogP contribution is -2.43. The molecule has 0 saturated carbocycles. The van der Waals surface area contributed by atoms with Crippen molar-refractivity contribution in [3.63, 3.8) is 0 Å². The van der Waals surface area contributed by atoms with Crippen molar-refractivity contribution in [2.45, 2.75) is 23.9 Å². The fourth-order valence-corrected chi connectivity index (χ4v) is 2.40. The molecule has 3 nitrogen and oxygen atoms in total. The summed E-state index contributed by atoms with van der Waals surface area (Å²) >= 11 is 5.06. The second-order valence-electron chi connectivity index (χ2n) is 3.88. The predicted molar refractivity (Wildman–Crippen MR) is 71.8 cm³/mol. The van der Waals surface area contributed by atoms with Gasteiger partial charge in [-0.25, -0.2) is 4.98 Å². The van der Waals surface area contributed by atoms with Crippen LogP contribution in [0.25, 0.3) is 0 Å². The Bertz CT molecular complexity index is 314. The zero-order valence-electron chi connectivity index (χ0n) is 9.53. The van der Waals surface area contributed by atoms with E-state index in [1.807, 2.05) is 26.1 Å². The van der Waals surface area contributed by atoms with E-state index in [1.165, 1.54) is 0 Å². The van der Waals surface area contributed by atoms with Crippen LogP contribution in [0.5, 0.6) is 0 Å². The molecule has 1 aromatic rings. The lowest BCUT2D eigenvalue weighted by atomic mass is 10.0. The van der Waals surface area contributed by atoms with Gasteiger partial charge in [0.1, 0.15) is 0 Å². The van der Waals surface area contributed by atoms with Crippen LogP contribution in [0.1, 0.15) is 13.3 Å². The Hall–Kier alpha value is -0.100. The molecular weight excluding hydrogens is 288 g/mol. The Balaban J connectivity index is 2.38. The molecule has 1 unspecified atom stereocenters. The quantitative estimate of drug-likeness (QED) is 0.792. The van der Waals surface area contributed by atoms with Crippen molar-refractivity contribution in [2.75, 3.05) is 19.4 Å². The van der Waals surface area contributed by atoms with E-state index in [4.69, 9.17) is 0 Å². The molecular formula is C11H17BrN2OS. The molecule has 0 aliphatic heterocycles. The lowest BCUT2D eigenvalue weighted by Gasteiger charge is -2.26. The first-order chi connectivity index (χ1) is 7.59. The van der Waals surface area contributed by atoms with Gasteiger partial charge >= 0.3 is 0 Å². The number of thioether (sulfide) groups is 1. The summed E-state index contributed by atoms with van der Waals surface area (Å²) in [4.78, 5) is 4.28. The second-order valence-corrected chi connectivity index (χ2v) is 5.91. The summed E-state index contributed by atoms with van der Waals surface area (Å²) in [5.74, 6) is 0.937. The third-order valence-corrected chi connectivity index (χ3v) is 3.97. The molecule has 5 heteroatoms. The molecule has 0 aliphatic rings. The fourth-order valence-electron chi connectivity index (χ4n) is 1.11. The van der Waals surface area contributed by atoms with E-state index in [0.29, 0.717) is 0 Å². The molecule has 2 N–H and O–H groups in total. The van der Waals surface area contributed by atoms with Crippen LogP contribution < -0.4 is 5.32 Å². The first-order valence-corrected chi connectivity index (χ1v) is 6.91. The van der Waals surface area contributed by atoms with Crippen molar-refractivity contribution in [3.8, 4) is 0 Å². The van der Waals surface area contributed by atoms with E-state index in [9.17, 15) is 5.11 Å². The predicted octanol–water partition coefficient (Wildman–Crippen LogP) is 2.30. The molecule has 1 rings (SSSR count). The average molecular weight is 305 g/mol. The molecule has 1 heterocycles. The van der Waals surface area contributed by atoms with Gasteiger partial charge in [0.15, 0.2) is 0 Å². The number of rotatable bonds is 6. The molecule has 1 atom stereocenters. The van der Waals surface area contributed by atoms with Crippen molar-refractivity contribution < 1.29 is 5.11 Å². The summed E-state index contributed by atoms with van der Waals surface area (Å²) in [5, 5.41) is 13.4. The number of pyridine rings is 1. The van der Waals surface area contributed by atoms with E-state index >= 15 is 0 Å². The van der Waals surface area contributed by atoms with Gasteiger partial charge in [-0.2, -0.15) is 0 Å². The first-order valence-electron chi connectivity index (χ1n) is 5.14. The van der Waals surface area contributed by atoms with Gasteiger partial charge in [0, 0.05) is 22.0 Å². The van der Waals surface area contributed by atoms with Crippen LogP contribution in [-0.2, 0) is 0 Å². The molecule has 1 aromatic heterocycles. The summed E-state index contributed by atoms with van der Waals surface area (Å²) in [6.45, 7) is 2.17. The SMILES string of the molecule is CNC(C)(CO)CCSc1ccc(Br)cn1. The molecule has 0 saturated heterocycles. The topological polar surface area (TPSA) is 45.1 Å². The molecule has 0 aromatic carbocycles. The summed E-state index contributed by atoms with van der Waals surface area (Å²) in [5.41, 5.74) is -0.192. The van der Waals surface area contributed by atoms with Gasteiger partial charge in [0.2, 0.25) is 0 Å². The van der Waals surface area contributed by atoms with Gasteiger partial charge in [0.25, 0.3) is 0 Å². The van der Waals surface area contributed by atoms with E-state index in [1.54, 1.807) is 18.0 Å². The maximum Gasteiger partial charge on any atom is 0.0960 e. The normalized spacial score (nSPS) is 14.8. The maximum absolute atomic E-state index is 9.23. The Morgan fingerprint density at radius 1 is 1.56 bits per heavy atom. The van der Waals surface area contributed by atoms with Gasteiger partial charge in [0.05, 0.1) is 11.6 Å². The molecule has 0 aliphatic carbocycles. The number of aromatic nitrogens is 1. The molecule has 0 bridgehead atoms. The van der Waals surface area contributed by atoms with Crippen molar-refractivity contribution in [1.29, 1.82) is 0 Å². The zero-order valence-corrected chi connectivity index (χ0v) is 11.9. The minimum Gasteiger partial charge on any atom is -0.394 e. The smallest absolute Gasteiger partial charge is 0.0960 e. The molecule has 0 spiro atoms. The average Bonchev–Trinajstić information content (AvgIpc) is 2.31. The van der Waals surface area contributed by atoms with Gasteiger partial charge < -0.3 is 10.4 Å². The van der Waals surface area contributed by atoms with Crippen LogP contribution in [0.15, 0.2) is 27.8 Å². The van der Waals surface area contributed by atoms with Crippen LogP contribution in [0, 0.1) is 0 Å². The Morgan fingerprint density at radius 2 is 2.31 bits per heavy atom. The number of hydrogen-bond donors (Lipinski definition) is 2. The summed E-state index contributed by atoms with van der Waals surface area (Å²) < 4.78 is 0.993. The minimum absolute atomic E-state index is 0.151. The Kier molecular flexibility index (Phi) is 5.75. The van der Waals surface area contributed by atoms with Crippen LogP contribution in [0.4, 0.5) is 0 Å². The van der Waals surface area contributed by atoms with Crippen molar-refractivity contribution >= 4 is 27.7 Å². The van der Waals surface area contributed by atoms with E-state index in [-0.39, 0.29) is 12.1 Å². The maximum atomic E-state index is 9.23. The van der Waals surface area contributed by atoms with Crippen molar-refractivity contribution in [3.05, 3.63) is 22.8 Å². The Labute approximate surface area is 109 Å². The van der Waals surface area contributed by atoms with Crippen molar-refractivity contribution in [2.24, 2.45) is 0 Å².